The molecule has 0 unspecified atom stereocenters. The third-order valence-corrected chi connectivity index (χ3v) is 9.74. The minimum absolute atomic E-state index is 0.0435. The van der Waals surface area contributed by atoms with Gasteiger partial charge in [0.2, 0.25) is 0 Å². The van der Waals surface area contributed by atoms with Gasteiger partial charge in [0.1, 0.15) is 0 Å². The van der Waals surface area contributed by atoms with Crippen LogP contribution < -0.4 is 14.7 Å². The fourth-order valence-corrected chi connectivity index (χ4v) is 8.05. The largest absolute Gasteiger partial charge is 0.377 e. The summed E-state index contributed by atoms with van der Waals surface area (Å²) in [4.78, 5) is 20.4. The van der Waals surface area contributed by atoms with Crippen molar-refractivity contribution in [2.24, 2.45) is 0 Å². The van der Waals surface area contributed by atoms with Gasteiger partial charge in [0.25, 0.3) is 0 Å². The topological polar surface area (TPSA) is 26.8 Å². The van der Waals surface area contributed by atoms with Crippen LogP contribution in [0.5, 0.6) is 0 Å². The van der Waals surface area contributed by atoms with E-state index in [-0.39, 0.29) is 17.6 Å². The normalized spacial score (nSPS) is 17.9. The van der Waals surface area contributed by atoms with E-state index in [0.29, 0.717) is 0 Å². The number of allylic oxidation sites excluding steroid dienone is 2. The summed E-state index contributed by atoms with van der Waals surface area (Å²) < 4.78 is 0. The minimum Gasteiger partial charge on any atom is -0.377 e. The first kappa shape index (κ1) is 28.0. The number of ketones is 1. The molecule has 2 aliphatic carbocycles. The quantitative estimate of drug-likeness (QED) is 0.211. The van der Waals surface area contributed by atoms with Gasteiger partial charge in [0.05, 0.1) is 0 Å². The Morgan fingerprint density at radius 2 is 1.02 bits per heavy atom. The van der Waals surface area contributed by atoms with Gasteiger partial charge in [-0.25, -0.2) is 0 Å². The van der Waals surface area contributed by atoms with Crippen LogP contribution in [0.2, 0.25) is 0 Å². The van der Waals surface area contributed by atoms with Gasteiger partial charge in [-0.1, -0.05) is 91.0 Å². The minimum atomic E-state index is -0.558. The van der Waals surface area contributed by atoms with E-state index in [2.05, 4.69) is 152 Å². The van der Waals surface area contributed by atoms with Crippen LogP contribution >= 0.6 is 0 Å². The van der Waals surface area contributed by atoms with Crippen LogP contribution in [0, 0.1) is 0 Å². The van der Waals surface area contributed by atoms with Gasteiger partial charge in [-0.3, -0.25) is 4.79 Å². The van der Waals surface area contributed by atoms with Crippen LogP contribution in [0.4, 0.5) is 17.1 Å². The van der Waals surface area contributed by atoms with E-state index < -0.39 is 5.41 Å². The summed E-state index contributed by atoms with van der Waals surface area (Å²) in [5.41, 5.74) is 9.77. The van der Waals surface area contributed by atoms with E-state index in [1.54, 1.807) is 0 Å². The molecular weight excluding hydrogens is 538 g/mol. The summed E-state index contributed by atoms with van der Waals surface area (Å²) in [7, 11) is 12.6. The summed E-state index contributed by atoms with van der Waals surface area (Å²) in [6, 6.07) is 37.5. The number of carbonyl (C=O) groups is 1. The molecule has 220 valence electrons. The number of anilines is 3. The summed E-state index contributed by atoms with van der Waals surface area (Å²) in [5.74, 6) is -0.0218. The van der Waals surface area contributed by atoms with Gasteiger partial charge in [0, 0.05) is 87.5 Å². The summed E-state index contributed by atoms with van der Waals surface area (Å²) in [6.07, 6.45) is 4.10. The average Bonchev–Trinajstić information content (AvgIpc) is 3.03. The summed E-state index contributed by atoms with van der Waals surface area (Å²) in [5, 5.41) is 2.58. The second-order valence-corrected chi connectivity index (χ2v) is 12.8. The fourth-order valence-electron chi connectivity index (χ4n) is 8.05. The average molecular weight is 578 g/mol. The number of benzene rings is 5. The predicted molar refractivity (Wildman–Crippen MR) is 185 cm³/mol. The Morgan fingerprint density at radius 3 is 1.50 bits per heavy atom. The van der Waals surface area contributed by atoms with Crippen molar-refractivity contribution in [2.45, 2.75) is 17.3 Å². The summed E-state index contributed by atoms with van der Waals surface area (Å²) in [6.45, 7) is 0. The lowest BCUT2D eigenvalue weighted by Gasteiger charge is -2.52. The number of nitrogens with zero attached hydrogens (tertiary/aromatic N) is 3. The van der Waals surface area contributed by atoms with Gasteiger partial charge in [-0.2, -0.15) is 0 Å². The van der Waals surface area contributed by atoms with Crippen molar-refractivity contribution in [1.82, 2.24) is 0 Å². The van der Waals surface area contributed by atoms with E-state index in [1.165, 1.54) is 44.4 Å². The molecule has 0 saturated heterocycles. The van der Waals surface area contributed by atoms with Gasteiger partial charge >= 0.3 is 0 Å². The highest BCUT2D eigenvalue weighted by Gasteiger charge is 2.54. The lowest BCUT2D eigenvalue weighted by molar-refractivity contribution is 0.103. The highest BCUT2D eigenvalue weighted by atomic mass is 16.1. The lowest BCUT2D eigenvalue weighted by atomic mass is 9.50. The Balaban J connectivity index is 1.72. The molecule has 2 aliphatic rings. The van der Waals surface area contributed by atoms with Crippen LogP contribution in [0.25, 0.3) is 10.8 Å². The van der Waals surface area contributed by atoms with Crippen LogP contribution in [0.3, 0.4) is 0 Å². The Hall–Kier alpha value is -4.83. The highest BCUT2D eigenvalue weighted by Crippen LogP contribution is 2.63. The predicted octanol–water partition coefficient (Wildman–Crippen LogP) is 8.01. The standard InChI is InChI=1S/C40H39N3O/c1-41(2)31-19-13-18-30-36(31)34(44)24-25-40(30)38(26-14-9-7-10-15-26)28-20-22-32(42(3)4)37-33(43(5)6)23-21-29(35(28)37)39(40)27-16-11-8-12-17-27/h7-25,38-39H,1-6H3/t38-,39-/m1/s1. The maximum absolute atomic E-state index is 13.9. The molecule has 0 bridgehead atoms. The van der Waals surface area contributed by atoms with Crippen LogP contribution in [-0.4, -0.2) is 48.1 Å². The molecule has 0 saturated carbocycles. The monoisotopic (exact) mass is 577 g/mol. The SMILES string of the molecule is CN(C)c1cccc2c1C(=O)C=CC21[C@H](c2ccccc2)c2ccc(N(C)C)c3c(N(C)C)ccc(c23)[C@H]1c1ccccc1. The zero-order chi connectivity index (χ0) is 30.7. The molecule has 4 heteroatoms. The van der Waals surface area contributed by atoms with Gasteiger partial charge < -0.3 is 14.7 Å². The molecule has 5 aromatic carbocycles. The second kappa shape index (κ2) is 10.4. The van der Waals surface area contributed by atoms with Gasteiger partial charge in [0.15, 0.2) is 5.78 Å². The maximum Gasteiger partial charge on any atom is 0.187 e. The van der Waals surface area contributed by atoms with Crippen molar-refractivity contribution < 1.29 is 4.79 Å². The molecule has 4 nitrogen and oxygen atoms in total. The van der Waals surface area contributed by atoms with Crippen molar-refractivity contribution in [3.05, 3.63) is 149 Å². The van der Waals surface area contributed by atoms with E-state index in [1.807, 2.05) is 20.2 Å². The molecule has 0 aromatic heterocycles. The van der Waals surface area contributed by atoms with Gasteiger partial charge in [-0.15, -0.1) is 0 Å². The molecule has 0 N–H and O–H groups in total. The Bertz CT molecular complexity index is 1830. The zero-order valence-electron chi connectivity index (χ0n) is 26.4. The first-order chi connectivity index (χ1) is 21.3. The fraction of sp³-hybridized carbons (Fsp3) is 0.225. The number of rotatable bonds is 5. The number of fused-ring (bicyclic) bond motifs is 2. The maximum atomic E-state index is 13.9. The Morgan fingerprint density at radius 1 is 0.523 bits per heavy atom. The molecule has 5 aromatic rings. The zero-order valence-corrected chi connectivity index (χ0v) is 26.4. The van der Waals surface area contributed by atoms with Crippen molar-refractivity contribution in [1.29, 1.82) is 0 Å². The molecule has 0 heterocycles. The first-order valence-electron chi connectivity index (χ1n) is 15.3. The molecule has 0 radical (unpaired) electrons. The Kier molecular flexibility index (Phi) is 6.62. The van der Waals surface area contributed by atoms with E-state index in [0.717, 1.165) is 16.8 Å². The molecule has 0 aliphatic heterocycles. The molecule has 0 amide bonds. The molecule has 2 atom stereocenters. The third-order valence-electron chi connectivity index (χ3n) is 9.74. The highest BCUT2D eigenvalue weighted by molar-refractivity contribution is 6.13. The van der Waals surface area contributed by atoms with E-state index in [9.17, 15) is 4.79 Å². The number of carbonyl (C=O) groups excluding carboxylic acids is 1. The number of hydrogen-bond donors (Lipinski definition) is 0. The van der Waals surface area contributed by atoms with Crippen LogP contribution in [0.1, 0.15) is 50.0 Å². The van der Waals surface area contributed by atoms with Crippen molar-refractivity contribution in [3.63, 3.8) is 0 Å². The first-order valence-corrected chi connectivity index (χ1v) is 15.3. The Labute approximate surface area is 260 Å². The van der Waals surface area contributed by atoms with Crippen molar-refractivity contribution >= 4 is 33.6 Å². The van der Waals surface area contributed by atoms with E-state index >= 15 is 0 Å². The van der Waals surface area contributed by atoms with Crippen molar-refractivity contribution in [2.75, 3.05) is 57.0 Å². The number of hydrogen-bond acceptors (Lipinski definition) is 4. The molecule has 1 spiro atoms. The smallest absolute Gasteiger partial charge is 0.187 e. The van der Waals surface area contributed by atoms with Crippen molar-refractivity contribution in [3.8, 4) is 0 Å². The lowest BCUT2D eigenvalue weighted by Crippen LogP contribution is -2.45. The third kappa shape index (κ3) is 3.93. The molecule has 44 heavy (non-hydrogen) atoms. The van der Waals surface area contributed by atoms with Gasteiger partial charge in [-0.05, 0) is 57.5 Å². The molecule has 0 fully saturated rings. The van der Waals surface area contributed by atoms with Crippen LogP contribution in [-0.2, 0) is 5.41 Å². The molecular formula is C40H39N3O. The van der Waals surface area contributed by atoms with Crippen LogP contribution in [0.15, 0.2) is 115 Å². The summed E-state index contributed by atoms with van der Waals surface area (Å²) >= 11 is 0. The van der Waals surface area contributed by atoms with E-state index in [4.69, 9.17) is 0 Å². The molecule has 7 rings (SSSR count). The second-order valence-electron chi connectivity index (χ2n) is 12.8.